The van der Waals surface area contributed by atoms with E-state index in [4.69, 9.17) is 23.2 Å². The van der Waals surface area contributed by atoms with Gasteiger partial charge in [0.25, 0.3) is 10.0 Å². The summed E-state index contributed by atoms with van der Waals surface area (Å²) in [6.07, 6.45) is 0.680. The molecule has 0 spiro atoms. The monoisotopic (exact) mass is 607 g/mol. The van der Waals surface area contributed by atoms with Crippen LogP contribution in [0.1, 0.15) is 38.3 Å². The summed E-state index contributed by atoms with van der Waals surface area (Å²) in [6.45, 7) is 6.40. The van der Waals surface area contributed by atoms with E-state index >= 15 is 0 Å². The van der Waals surface area contributed by atoms with Gasteiger partial charge in [-0.3, -0.25) is 13.9 Å². The van der Waals surface area contributed by atoms with Gasteiger partial charge in [0.1, 0.15) is 18.4 Å². The first-order valence-corrected chi connectivity index (χ1v) is 14.9. The molecule has 3 aromatic rings. The number of hydrogen-bond donors (Lipinski definition) is 1. The fourth-order valence-electron chi connectivity index (χ4n) is 3.88. The molecule has 0 radical (unpaired) electrons. The fraction of sp³-hybridized carbons (Fsp3) is 0.310. The van der Waals surface area contributed by atoms with Gasteiger partial charge in [0.2, 0.25) is 11.8 Å². The average molecular weight is 609 g/mol. The zero-order valence-corrected chi connectivity index (χ0v) is 25.0. The number of rotatable bonds is 11. The first-order valence-electron chi connectivity index (χ1n) is 12.7. The third kappa shape index (κ3) is 7.53. The van der Waals surface area contributed by atoms with Crippen molar-refractivity contribution >= 4 is 50.7 Å². The zero-order chi connectivity index (χ0) is 29.6. The van der Waals surface area contributed by atoms with Gasteiger partial charge in [-0.2, -0.15) is 0 Å². The van der Waals surface area contributed by atoms with Crippen molar-refractivity contribution in [3.63, 3.8) is 0 Å². The number of halogens is 3. The minimum atomic E-state index is -4.30. The normalized spacial score (nSPS) is 12.9. The molecule has 0 saturated heterocycles. The summed E-state index contributed by atoms with van der Waals surface area (Å²) < 4.78 is 42.0. The number of carbonyl (C=O) groups excluding carboxylic acids is 2. The quantitative estimate of drug-likeness (QED) is 0.291. The van der Waals surface area contributed by atoms with Crippen molar-refractivity contribution in [2.45, 2.75) is 57.6 Å². The molecule has 214 valence electrons. The van der Waals surface area contributed by atoms with E-state index in [1.54, 1.807) is 49.4 Å². The number of nitrogens with zero attached hydrogens (tertiary/aromatic N) is 2. The Labute approximate surface area is 244 Å². The van der Waals surface area contributed by atoms with Crippen LogP contribution in [0.25, 0.3) is 0 Å². The van der Waals surface area contributed by atoms with Crippen LogP contribution in [0.15, 0.2) is 71.6 Å². The first kappa shape index (κ1) is 31.4. The Morgan fingerprint density at radius 2 is 1.52 bits per heavy atom. The fourth-order valence-corrected chi connectivity index (χ4v) is 5.81. The molecular formula is C29H32Cl2FN3O4S. The van der Waals surface area contributed by atoms with Crippen molar-refractivity contribution in [3.05, 3.63) is 93.7 Å². The summed E-state index contributed by atoms with van der Waals surface area (Å²) >= 11 is 12.8. The highest BCUT2D eigenvalue weighted by Gasteiger charge is 2.33. The average Bonchev–Trinajstić information content (AvgIpc) is 2.91. The number of carbonyl (C=O) groups is 2. The molecule has 0 aromatic heterocycles. The van der Waals surface area contributed by atoms with Gasteiger partial charge in [0, 0.05) is 28.2 Å². The summed E-state index contributed by atoms with van der Waals surface area (Å²) in [7, 11) is -4.30. The predicted molar refractivity (Wildman–Crippen MR) is 156 cm³/mol. The van der Waals surface area contributed by atoms with Crippen LogP contribution in [-0.4, -0.2) is 43.8 Å². The molecule has 11 heteroatoms. The number of amides is 2. The molecular weight excluding hydrogens is 576 g/mol. The van der Waals surface area contributed by atoms with Gasteiger partial charge in [0.15, 0.2) is 0 Å². The number of nitrogens with one attached hydrogen (secondary N) is 1. The lowest BCUT2D eigenvalue weighted by molar-refractivity contribution is -0.139. The standard InChI is InChI=1S/C29H32Cl2FN3O4S/c1-5-20(3)33-29(37)21(4)34(17-25-26(30)7-6-8-27(25)31)28(36)18-35(23-13-9-19(2)10-14-23)40(38,39)24-15-11-22(32)12-16-24/h6-16,20-21H,5,17-18H2,1-4H3,(H,33,37)/t20-,21+/m0/s1. The van der Waals surface area contributed by atoms with Crippen LogP contribution < -0.4 is 9.62 Å². The number of hydrogen-bond acceptors (Lipinski definition) is 4. The molecule has 0 bridgehead atoms. The molecule has 1 N–H and O–H groups in total. The van der Waals surface area contributed by atoms with E-state index in [-0.39, 0.29) is 23.2 Å². The Morgan fingerprint density at radius 3 is 2.08 bits per heavy atom. The van der Waals surface area contributed by atoms with E-state index in [2.05, 4.69) is 5.32 Å². The molecule has 3 rings (SSSR count). The largest absolute Gasteiger partial charge is 0.352 e. The van der Waals surface area contributed by atoms with Crippen molar-refractivity contribution in [2.24, 2.45) is 0 Å². The number of sulfonamides is 1. The molecule has 0 aliphatic carbocycles. The minimum absolute atomic E-state index is 0.134. The summed E-state index contributed by atoms with van der Waals surface area (Å²) in [6, 6.07) is 14.7. The Bertz CT molecular complexity index is 1430. The van der Waals surface area contributed by atoms with Gasteiger partial charge in [-0.25, -0.2) is 12.8 Å². The van der Waals surface area contributed by atoms with Crippen LogP contribution in [0, 0.1) is 12.7 Å². The van der Waals surface area contributed by atoms with Gasteiger partial charge < -0.3 is 10.2 Å². The summed E-state index contributed by atoms with van der Waals surface area (Å²) in [5.74, 6) is -1.66. The Morgan fingerprint density at radius 1 is 0.950 bits per heavy atom. The lowest BCUT2D eigenvalue weighted by atomic mass is 10.1. The lowest BCUT2D eigenvalue weighted by Gasteiger charge is -2.33. The molecule has 2 atom stereocenters. The molecule has 7 nitrogen and oxygen atoms in total. The van der Waals surface area contributed by atoms with E-state index in [1.807, 2.05) is 20.8 Å². The lowest BCUT2D eigenvalue weighted by Crippen LogP contribution is -2.52. The molecule has 0 unspecified atom stereocenters. The van der Waals surface area contributed by atoms with E-state index in [0.717, 1.165) is 34.1 Å². The van der Waals surface area contributed by atoms with Gasteiger partial charge >= 0.3 is 0 Å². The second-order valence-corrected chi connectivity index (χ2v) is 12.2. The van der Waals surface area contributed by atoms with Crippen molar-refractivity contribution in [1.82, 2.24) is 10.2 Å². The van der Waals surface area contributed by atoms with Gasteiger partial charge in [-0.1, -0.05) is 53.9 Å². The maximum absolute atomic E-state index is 13.9. The van der Waals surface area contributed by atoms with Crippen LogP contribution in [-0.2, 0) is 26.2 Å². The van der Waals surface area contributed by atoms with E-state index < -0.39 is 40.2 Å². The van der Waals surface area contributed by atoms with Crippen molar-refractivity contribution in [1.29, 1.82) is 0 Å². The SMILES string of the molecule is CC[C@H](C)NC(=O)[C@@H](C)N(Cc1c(Cl)cccc1Cl)C(=O)CN(c1ccc(C)cc1)S(=O)(=O)c1ccc(F)cc1. The smallest absolute Gasteiger partial charge is 0.264 e. The van der Waals surface area contributed by atoms with E-state index in [9.17, 15) is 22.4 Å². The molecule has 0 fully saturated rings. The summed E-state index contributed by atoms with van der Waals surface area (Å²) in [5.41, 5.74) is 1.54. The molecule has 2 amide bonds. The summed E-state index contributed by atoms with van der Waals surface area (Å²) in [4.78, 5) is 28.1. The molecule has 0 aliphatic rings. The van der Waals surface area contributed by atoms with Crippen LogP contribution in [0.5, 0.6) is 0 Å². The topological polar surface area (TPSA) is 86.8 Å². The highest BCUT2D eigenvalue weighted by atomic mass is 35.5. The maximum atomic E-state index is 13.9. The van der Waals surface area contributed by atoms with Crippen molar-refractivity contribution in [3.8, 4) is 0 Å². The summed E-state index contributed by atoms with van der Waals surface area (Å²) in [5, 5.41) is 3.47. The number of benzene rings is 3. The van der Waals surface area contributed by atoms with Crippen LogP contribution in [0.2, 0.25) is 10.0 Å². The minimum Gasteiger partial charge on any atom is -0.352 e. The molecule has 0 aliphatic heterocycles. The van der Waals surface area contributed by atoms with Gasteiger partial charge in [-0.15, -0.1) is 0 Å². The molecule has 0 heterocycles. The number of aryl methyl sites for hydroxylation is 1. The Kier molecular flexibility index (Phi) is 10.6. The van der Waals surface area contributed by atoms with E-state index in [0.29, 0.717) is 22.0 Å². The Hall–Kier alpha value is -3.14. The second-order valence-electron chi connectivity index (χ2n) is 9.52. The third-order valence-corrected chi connectivity index (χ3v) is 9.06. The van der Waals surface area contributed by atoms with Crippen molar-refractivity contribution in [2.75, 3.05) is 10.8 Å². The van der Waals surface area contributed by atoms with E-state index in [1.165, 1.54) is 4.90 Å². The van der Waals surface area contributed by atoms with Crippen molar-refractivity contribution < 1.29 is 22.4 Å². The Balaban J connectivity index is 2.06. The second kappa shape index (κ2) is 13.5. The zero-order valence-electron chi connectivity index (χ0n) is 22.7. The molecule has 0 saturated carbocycles. The van der Waals surface area contributed by atoms with Crippen LogP contribution in [0.4, 0.5) is 10.1 Å². The van der Waals surface area contributed by atoms with Crippen LogP contribution in [0.3, 0.4) is 0 Å². The number of anilines is 1. The predicted octanol–water partition coefficient (Wildman–Crippen LogP) is 5.97. The highest BCUT2D eigenvalue weighted by Crippen LogP contribution is 2.28. The molecule has 40 heavy (non-hydrogen) atoms. The highest BCUT2D eigenvalue weighted by molar-refractivity contribution is 7.92. The van der Waals surface area contributed by atoms with Gasteiger partial charge in [-0.05, 0) is 75.7 Å². The van der Waals surface area contributed by atoms with Gasteiger partial charge in [0.05, 0.1) is 10.6 Å². The van der Waals surface area contributed by atoms with Crippen LogP contribution >= 0.6 is 23.2 Å². The molecule has 3 aromatic carbocycles. The maximum Gasteiger partial charge on any atom is 0.264 e. The third-order valence-electron chi connectivity index (χ3n) is 6.56. The first-order chi connectivity index (χ1) is 18.8.